The number of carbonyl (C=O) groups is 1. The van der Waals surface area contributed by atoms with Crippen molar-refractivity contribution in [1.29, 1.82) is 0 Å². The minimum absolute atomic E-state index is 0.0491. The first-order chi connectivity index (χ1) is 14.9. The summed E-state index contributed by atoms with van der Waals surface area (Å²) < 4.78 is 28.1. The molecular formula is C22H24ClNO6S. The summed E-state index contributed by atoms with van der Waals surface area (Å²) in [4.78, 5) is 12.5. The number of fused-ring (bicyclic) bond motifs is 1. The number of halogens is 1. The lowest BCUT2D eigenvalue weighted by Crippen LogP contribution is -2.31. The van der Waals surface area contributed by atoms with Gasteiger partial charge in [0.25, 0.3) is 0 Å². The first-order valence-corrected chi connectivity index (χ1v) is 10.4. The maximum Gasteiger partial charge on any atom is 0.308 e. The van der Waals surface area contributed by atoms with E-state index in [-0.39, 0.29) is 13.0 Å². The van der Waals surface area contributed by atoms with E-state index in [0.717, 1.165) is 0 Å². The minimum Gasteiger partial charge on any atom is -0.495 e. The van der Waals surface area contributed by atoms with Gasteiger partial charge in [-0.05, 0) is 19.1 Å². The van der Waals surface area contributed by atoms with Crippen LogP contribution in [0.4, 0.5) is 5.69 Å². The maximum absolute atomic E-state index is 12.2. The molecule has 2 atom stereocenters. The van der Waals surface area contributed by atoms with Crippen LogP contribution in [0.15, 0.2) is 30.3 Å². The maximum atomic E-state index is 12.2. The second-order valence-corrected chi connectivity index (χ2v) is 7.53. The fourth-order valence-corrected chi connectivity index (χ4v) is 3.94. The number of esters is 1. The molecule has 0 aromatic heterocycles. The Bertz CT molecular complexity index is 983. The van der Waals surface area contributed by atoms with Gasteiger partial charge in [-0.3, -0.25) is 4.79 Å². The van der Waals surface area contributed by atoms with Crippen molar-refractivity contribution in [3.63, 3.8) is 0 Å². The van der Waals surface area contributed by atoms with Crippen molar-refractivity contribution >= 4 is 40.5 Å². The van der Waals surface area contributed by atoms with Crippen LogP contribution in [0.25, 0.3) is 0 Å². The van der Waals surface area contributed by atoms with E-state index >= 15 is 0 Å². The molecule has 166 valence electrons. The molecular weight excluding hydrogens is 442 g/mol. The highest BCUT2D eigenvalue weighted by atomic mass is 35.5. The number of anilines is 1. The fraction of sp³-hybridized carbons (Fsp3) is 0.364. The van der Waals surface area contributed by atoms with Gasteiger partial charge in [-0.1, -0.05) is 36.0 Å². The molecule has 0 unspecified atom stereocenters. The monoisotopic (exact) mass is 465 g/mol. The predicted molar refractivity (Wildman–Crippen MR) is 122 cm³/mol. The zero-order chi connectivity index (χ0) is 22.5. The molecule has 0 fully saturated rings. The third-order valence-corrected chi connectivity index (χ3v) is 5.40. The Morgan fingerprint density at radius 1 is 1.13 bits per heavy atom. The van der Waals surface area contributed by atoms with E-state index in [9.17, 15) is 4.79 Å². The van der Waals surface area contributed by atoms with E-state index < -0.39 is 18.2 Å². The molecule has 0 radical (unpaired) electrons. The van der Waals surface area contributed by atoms with Crippen molar-refractivity contribution in [1.82, 2.24) is 0 Å². The average Bonchev–Trinajstić information content (AvgIpc) is 2.89. The summed E-state index contributed by atoms with van der Waals surface area (Å²) in [6.07, 6.45) is -1.47. The van der Waals surface area contributed by atoms with Gasteiger partial charge in [0.15, 0.2) is 11.5 Å². The first kappa shape index (κ1) is 23.1. The molecule has 2 aromatic carbocycles. The number of thiocarbonyl (C=S) groups is 1. The Labute approximate surface area is 191 Å². The van der Waals surface area contributed by atoms with Crippen LogP contribution in [0, 0.1) is 0 Å². The van der Waals surface area contributed by atoms with Crippen LogP contribution < -0.4 is 19.5 Å². The lowest BCUT2D eigenvalue weighted by atomic mass is 9.98. The first-order valence-electron chi connectivity index (χ1n) is 9.63. The molecule has 31 heavy (non-hydrogen) atoms. The summed E-state index contributed by atoms with van der Waals surface area (Å²) in [5.74, 6) is 1.13. The third kappa shape index (κ3) is 4.87. The van der Waals surface area contributed by atoms with E-state index in [4.69, 9.17) is 47.5 Å². The van der Waals surface area contributed by atoms with Crippen molar-refractivity contribution in [3.8, 4) is 17.2 Å². The number of para-hydroxylation sites is 1. The zero-order valence-electron chi connectivity index (χ0n) is 17.7. The number of hydrogen-bond donors (Lipinski definition) is 1. The van der Waals surface area contributed by atoms with Crippen molar-refractivity contribution in [2.75, 3.05) is 33.3 Å². The summed E-state index contributed by atoms with van der Waals surface area (Å²) >= 11 is 11.9. The van der Waals surface area contributed by atoms with Gasteiger partial charge >= 0.3 is 5.97 Å². The Balaban J connectivity index is 2.18. The van der Waals surface area contributed by atoms with Crippen molar-refractivity contribution in [3.05, 3.63) is 46.5 Å². The Hall–Kier alpha value is -2.55. The molecule has 1 heterocycles. The molecule has 9 heteroatoms. The molecule has 2 aromatic rings. The standard InChI is InChI=1S/C22H24ClNO6S/c1-5-29-18(25)11-17-22(31)24-19-14(9-12(23)10-16(19)27-3)20(30-17)13-7-6-8-15(26-2)21(13)28-4/h6-10,17,20H,5,11H2,1-4H3,(H,24,31)/t17-,20-/m0/s1. The number of benzene rings is 2. The number of methoxy groups -OCH3 is 3. The van der Waals surface area contributed by atoms with E-state index in [0.29, 0.717) is 44.1 Å². The predicted octanol–water partition coefficient (Wildman–Crippen LogP) is 4.55. The van der Waals surface area contributed by atoms with Crippen molar-refractivity contribution in [2.24, 2.45) is 0 Å². The quantitative estimate of drug-likeness (QED) is 0.471. The smallest absolute Gasteiger partial charge is 0.308 e. The van der Waals surface area contributed by atoms with E-state index in [1.807, 2.05) is 12.1 Å². The molecule has 0 spiro atoms. The SMILES string of the molecule is CCOC(=O)C[C@@H]1O[C@@H](c2cccc(OC)c2OC)c2cc(Cl)cc(OC)c2NC1=S. The average molecular weight is 466 g/mol. The number of rotatable bonds is 7. The molecule has 3 rings (SSSR count). The molecule has 1 aliphatic rings. The van der Waals surface area contributed by atoms with Crippen molar-refractivity contribution in [2.45, 2.75) is 25.6 Å². The summed E-state index contributed by atoms with van der Waals surface area (Å²) in [5, 5.41) is 3.64. The van der Waals surface area contributed by atoms with E-state index in [2.05, 4.69) is 5.32 Å². The molecule has 0 saturated heterocycles. The number of carbonyl (C=O) groups excluding carboxylic acids is 1. The highest BCUT2D eigenvalue weighted by Gasteiger charge is 2.35. The molecule has 7 nitrogen and oxygen atoms in total. The van der Waals surface area contributed by atoms with Crippen LogP contribution in [0.1, 0.15) is 30.6 Å². The number of ether oxygens (including phenoxy) is 5. The van der Waals surface area contributed by atoms with Gasteiger partial charge in [0.1, 0.15) is 22.9 Å². The molecule has 0 bridgehead atoms. The van der Waals surface area contributed by atoms with Crippen LogP contribution in [0.3, 0.4) is 0 Å². The molecule has 1 N–H and O–H groups in total. The van der Waals surface area contributed by atoms with Gasteiger partial charge in [-0.2, -0.15) is 0 Å². The summed E-state index contributed by atoms with van der Waals surface area (Å²) in [6, 6.07) is 8.93. The largest absolute Gasteiger partial charge is 0.495 e. The van der Waals surface area contributed by atoms with Crippen LogP contribution in [-0.4, -0.2) is 45.0 Å². The van der Waals surface area contributed by atoms with Crippen LogP contribution in [0.2, 0.25) is 5.02 Å². The van der Waals surface area contributed by atoms with Crippen molar-refractivity contribution < 1.29 is 28.5 Å². The van der Waals surface area contributed by atoms with Gasteiger partial charge in [0.2, 0.25) is 0 Å². The normalized spacial score (nSPS) is 17.8. The number of nitrogens with one attached hydrogen (secondary N) is 1. The molecule has 0 aliphatic carbocycles. The zero-order valence-corrected chi connectivity index (χ0v) is 19.3. The summed E-state index contributed by atoms with van der Waals surface area (Å²) in [6.45, 7) is 2.01. The van der Waals surface area contributed by atoms with Crippen LogP contribution >= 0.6 is 23.8 Å². The Kier molecular flexibility index (Phi) is 7.59. The summed E-state index contributed by atoms with van der Waals surface area (Å²) in [5.41, 5.74) is 1.98. The van der Waals surface area contributed by atoms with Gasteiger partial charge < -0.3 is 29.0 Å². The summed E-state index contributed by atoms with van der Waals surface area (Å²) in [7, 11) is 4.65. The highest BCUT2D eigenvalue weighted by Crippen LogP contribution is 2.46. The van der Waals surface area contributed by atoms with Gasteiger partial charge in [-0.25, -0.2) is 0 Å². The fourth-order valence-electron chi connectivity index (χ4n) is 3.48. The minimum atomic E-state index is -0.745. The van der Waals surface area contributed by atoms with Crippen LogP contribution in [-0.2, 0) is 14.3 Å². The molecule has 0 saturated carbocycles. The molecule has 0 amide bonds. The second kappa shape index (κ2) is 10.2. The highest BCUT2D eigenvalue weighted by molar-refractivity contribution is 7.80. The van der Waals surface area contributed by atoms with Gasteiger partial charge in [0, 0.05) is 22.2 Å². The van der Waals surface area contributed by atoms with E-state index in [1.54, 1.807) is 46.5 Å². The third-order valence-electron chi connectivity index (χ3n) is 4.81. The number of hydrogen-bond acceptors (Lipinski definition) is 7. The van der Waals surface area contributed by atoms with Crippen LogP contribution in [0.5, 0.6) is 17.2 Å². The second-order valence-electron chi connectivity index (χ2n) is 6.66. The van der Waals surface area contributed by atoms with E-state index in [1.165, 1.54) is 0 Å². The van der Waals surface area contributed by atoms with Gasteiger partial charge in [0.05, 0.1) is 40.0 Å². The lowest BCUT2D eigenvalue weighted by Gasteiger charge is -2.24. The Morgan fingerprint density at radius 2 is 1.87 bits per heavy atom. The Morgan fingerprint density at radius 3 is 2.52 bits per heavy atom. The molecule has 1 aliphatic heterocycles. The van der Waals surface area contributed by atoms with Gasteiger partial charge in [-0.15, -0.1) is 0 Å². The topological polar surface area (TPSA) is 75.3 Å². The lowest BCUT2D eigenvalue weighted by molar-refractivity contribution is -0.145.